The van der Waals surface area contributed by atoms with Gasteiger partial charge in [-0.05, 0) is 24.6 Å². The highest BCUT2D eigenvalue weighted by atomic mass is 35.5. The molecular weight excluding hydrogens is 332 g/mol. The Morgan fingerprint density at radius 3 is 2.75 bits per heavy atom. The van der Waals surface area contributed by atoms with E-state index in [1.165, 1.54) is 12.1 Å². The topological polar surface area (TPSA) is 81.5 Å². The van der Waals surface area contributed by atoms with Crippen molar-refractivity contribution in [2.24, 2.45) is 0 Å². The number of amides is 1. The molecule has 0 bridgehead atoms. The first-order valence-electron chi connectivity index (χ1n) is 7.50. The Morgan fingerprint density at radius 2 is 2.04 bits per heavy atom. The van der Waals surface area contributed by atoms with Crippen molar-refractivity contribution in [2.75, 3.05) is 11.9 Å². The number of carbonyl (C=O) groups excluding carboxylic acids is 1. The number of benzene rings is 2. The number of para-hydroxylation sites is 2. The molecule has 0 radical (unpaired) electrons. The molecule has 0 heterocycles. The molecule has 1 amide bonds. The van der Waals surface area contributed by atoms with E-state index in [4.69, 9.17) is 16.3 Å². The molecule has 2 rings (SSSR count). The average Bonchev–Trinajstić information content (AvgIpc) is 2.56. The van der Waals surface area contributed by atoms with E-state index >= 15 is 0 Å². The minimum absolute atomic E-state index is 0.0363. The zero-order valence-corrected chi connectivity index (χ0v) is 13.9. The van der Waals surface area contributed by atoms with E-state index in [-0.39, 0.29) is 16.3 Å². The highest BCUT2D eigenvalue weighted by molar-refractivity contribution is 6.34. The van der Waals surface area contributed by atoms with Gasteiger partial charge in [-0.3, -0.25) is 14.9 Å². The zero-order chi connectivity index (χ0) is 17.5. The van der Waals surface area contributed by atoms with Crippen molar-refractivity contribution < 1.29 is 14.5 Å². The lowest BCUT2D eigenvalue weighted by Crippen LogP contribution is -2.14. The van der Waals surface area contributed by atoms with Crippen LogP contribution in [0.3, 0.4) is 0 Å². The predicted octanol–water partition coefficient (Wildman–Crippen LogP) is 4.68. The molecule has 126 valence electrons. The molecule has 24 heavy (non-hydrogen) atoms. The molecule has 2 aromatic carbocycles. The lowest BCUT2D eigenvalue weighted by atomic mass is 10.1. The fourth-order valence-electron chi connectivity index (χ4n) is 2.01. The number of unbranched alkanes of at least 4 members (excludes halogenated alkanes) is 1. The number of hydrogen-bond acceptors (Lipinski definition) is 4. The van der Waals surface area contributed by atoms with Crippen LogP contribution in [0, 0.1) is 10.1 Å². The summed E-state index contributed by atoms with van der Waals surface area (Å²) in [4.78, 5) is 22.7. The van der Waals surface area contributed by atoms with E-state index in [0.29, 0.717) is 18.0 Å². The normalized spacial score (nSPS) is 10.2. The number of hydrogen-bond donors (Lipinski definition) is 1. The molecule has 0 spiro atoms. The van der Waals surface area contributed by atoms with Crippen LogP contribution in [0.15, 0.2) is 42.5 Å². The smallest absolute Gasteiger partial charge is 0.270 e. The molecule has 7 heteroatoms. The van der Waals surface area contributed by atoms with Crippen LogP contribution >= 0.6 is 11.6 Å². The van der Waals surface area contributed by atoms with Crippen molar-refractivity contribution in [3.05, 3.63) is 63.2 Å². The molecule has 0 atom stereocenters. The number of rotatable bonds is 7. The van der Waals surface area contributed by atoms with Gasteiger partial charge in [0.15, 0.2) is 0 Å². The van der Waals surface area contributed by atoms with Gasteiger partial charge in [-0.15, -0.1) is 0 Å². The van der Waals surface area contributed by atoms with E-state index in [1.807, 2.05) is 0 Å². The number of nitro groups is 1. The van der Waals surface area contributed by atoms with Gasteiger partial charge >= 0.3 is 0 Å². The van der Waals surface area contributed by atoms with Gasteiger partial charge in [-0.1, -0.05) is 37.1 Å². The Morgan fingerprint density at radius 1 is 1.29 bits per heavy atom. The molecule has 0 aliphatic rings. The molecule has 0 fully saturated rings. The summed E-state index contributed by atoms with van der Waals surface area (Å²) in [5.41, 5.74) is 0.326. The van der Waals surface area contributed by atoms with Crippen LogP contribution < -0.4 is 10.1 Å². The first-order chi connectivity index (χ1) is 11.5. The number of carbonyl (C=O) groups is 1. The maximum Gasteiger partial charge on any atom is 0.270 e. The summed E-state index contributed by atoms with van der Waals surface area (Å²) in [7, 11) is 0. The largest absolute Gasteiger partial charge is 0.491 e. The third-order valence-electron chi connectivity index (χ3n) is 3.30. The van der Waals surface area contributed by atoms with Crippen LogP contribution in [0.25, 0.3) is 0 Å². The molecule has 0 aliphatic carbocycles. The second kappa shape index (κ2) is 8.31. The van der Waals surface area contributed by atoms with Gasteiger partial charge in [0.25, 0.3) is 11.6 Å². The van der Waals surface area contributed by atoms with E-state index in [0.717, 1.165) is 18.9 Å². The van der Waals surface area contributed by atoms with Crippen molar-refractivity contribution >= 4 is 28.9 Å². The molecule has 0 saturated carbocycles. The second-order valence-corrected chi connectivity index (χ2v) is 5.48. The number of non-ortho nitro benzene ring substituents is 1. The maximum absolute atomic E-state index is 12.4. The number of nitrogens with one attached hydrogen (secondary N) is 1. The minimum atomic E-state index is -0.574. The average molecular weight is 349 g/mol. The highest BCUT2D eigenvalue weighted by Crippen LogP contribution is 2.27. The van der Waals surface area contributed by atoms with Crippen LogP contribution in [0.2, 0.25) is 5.02 Å². The van der Waals surface area contributed by atoms with Crippen molar-refractivity contribution in [2.45, 2.75) is 19.8 Å². The minimum Gasteiger partial charge on any atom is -0.491 e. The maximum atomic E-state index is 12.4. The molecule has 0 aromatic heterocycles. The number of anilines is 1. The summed E-state index contributed by atoms with van der Waals surface area (Å²) in [5, 5.41) is 13.7. The van der Waals surface area contributed by atoms with Gasteiger partial charge < -0.3 is 10.1 Å². The molecular formula is C17H17ClN2O4. The van der Waals surface area contributed by atoms with Gasteiger partial charge in [-0.25, -0.2) is 0 Å². The number of ether oxygens (including phenoxy) is 1. The van der Waals surface area contributed by atoms with E-state index in [2.05, 4.69) is 12.2 Å². The second-order valence-electron chi connectivity index (χ2n) is 5.07. The predicted molar refractivity (Wildman–Crippen MR) is 92.9 cm³/mol. The van der Waals surface area contributed by atoms with Gasteiger partial charge in [0.05, 0.1) is 27.8 Å². The Bertz CT molecular complexity index is 749. The van der Waals surface area contributed by atoms with E-state index in [9.17, 15) is 14.9 Å². The van der Waals surface area contributed by atoms with Crippen molar-refractivity contribution in [1.29, 1.82) is 0 Å². The first kappa shape index (κ1) is 17.7. The van der Waals surface area contributed by atoms with Gasteiger partial charge in [0, 0.05) is 12.1 Å². The van der Waals surface area contributed by atoms with Gasteiger partial charge in [0.2, 0.25) is 0 Å². The molecule has 1 N–H and O–H groups in total. The Balaban J connectivity index is 2.21. The van der Waals surface area contributed by atoms with Crippen LogP contribution in [-0.2, 0) is 0 Å². The van der Waals surface area contributed by atoms with Crippen LogP contribution in [0.1, 0.15) is 30.1 Å². The van der Waals surface area contributed by atoms with Crippen molar-refractivity contribution in [1.82, 2.24) is 0 Å². The fraction of sp³-hybridized carbons (Fsp3) is 0.235. The summed E-state index contributed by atoms with van der Waals surface area (Å²) in [6.45, 7) is 2.60. The number of nitro benzene ring substituents is 1. The van der Waals surface area contributed by atoms with Gasteiger partial charge in [-0.2, -0.15) is 0 Å². The Labute approximate surface area is 144 Å². The summed E-state index contributed by atoms with van der Waals surface area (Å²) in [6, 6.07) is 10.7. The molecule has 0 unspecified atom stereocenters. The highest BCUT2D eigenvalue weighted by Gasteiger charge is 2.17. The summed E-state index contributed by atoms with van der Waals surface area (Å²) >= 11 is 5.99. The lowest BCUT2D eigenvalue weighted by Gasteiger charge is -2.12. The zero-order valence-electron chi connectivity index (χ0n) is 13.1. The monoisotopic (exact) mass is 348 g/mol. The Kier molecular flexibility index (Phi) is 6.14. The molecule has 0 saturated heterocycles. The van der Waals surface area contributed by atoms with Crippen LogP contribution in [-0.4, -0.2) is 17.4 Å². The third kappa shape index (κ3) is 4.45. The molecule has 0 aliphatic heterocycles. The SMILES string of the molecule is CCCCOc1ccccc1NC(=O)c1cc([N+](=O)[O-])ccc1Cl. The third-order valence-corrected chi connectivity index (χ3v) is 3.63. The first-order valence-corrected chi connectivity index (χ1v) is 7.88. The van der Waals surface area contributed by atoms with Gasteiger partial charge in [0.1, 0.15) is 5.75 Å². The van der Waals surface area contributed by atoms with Crippen LogP contribution in [0.5, 0.6) is 5.75 Å². The summed E-state index contributed by atoms with van der Waals surface area (Å²) in [6.07, 6.45) is 1.90. The quantitative estimate of drug-likeness (QED) is 0.447. The lowest BCUT2D eigenvalue weighted by molar-refractivity contribution is -0.384. The van der Waals surface area contributed by atoms with Crippen molar-refractivity contribution in [3.8, 4) is 5.75 Å². The summed E-state index contributed by atoms with van der Waals surface area (Å²) in [5.74, 6) is 0.0103. The van der Waals surface area contributed by atoms with E-state index in [1.54, 1.807) is 24.3 Å². The molecule has 2 aromatic rings. The van der Waals surface area contributed by atoms with Crippen molar-refractivity contribution in [3.63, 3.8) is 0 Å². The Hall–Kier alpha value is -2.60. The van der Waals surface area contributed by atoms with Crippen LogP contribution in [0.4, 0.5) is 11.4 Å². The number of halogens is 1. The molecule has 6 nitrogen and oxygen atoms in total. The summed E-state index contributed by atoms with van der Waals surface area (Å²) < 4.78 is 5.65. The number of nitrogens with zero attached hydrogens (tertiary/aromatic N) is 1. The fourth-order valence-corrected chi connectivity index (χ4v) is 2.22. The standard InChI is InChI=1S/C17H17ClN2O4/c1-2-3-10-24-16-7-5-4-6-15(16)19-17(21)13-11-12(20(22)23)8-9-14(13)18/h4-9,11H,2-3,10H2,1H3,(H,19,21). The van der Waals surface area contributed by atoms with E-state index < -0.39 is 10.8 Å².